The van der Waals surface area contributed by atoms with E-state index in [2.05, 4.69) is 0 Å². The third kappa shape index (κ3) is 3.76. The van der Waals surface area contributed by atoms with Crippen molar-refractivity contribution in [1.29, 1.82) is 0 Å². The van der Waals surface area contributed by atoms with Gasteiger partial charge in [0.15, 0.2) is 5.66 Å². The Morgan fingerprint density at radius 2 is 1.74 bits per heavy atom. The zero-order valence-electron chi connectivity index (χ0n) is 10.9. The lowest BCUT2D eigenvalue weighted by molar-refractivity contribution is -0.480. The van der Waals surface area contributed by atoms with E-state index in [-0.39, 0.29) is 0 Å². The molecule has 1 aromatic carbocycles. The average Bonchev–Trinajstić information content (AvgIpc) is 2.44. The molecule has 0 N–H and O–H groups in total. The van der Waals surface area contributed by atoms with Crippen molar-refractivity contribution in [1.82, 2.24) is 0 Å². The molecule has 0 radical (unpaired) electrons. The van der Waals surface area contributed by atoms with Crippen molar-refractivity contribution in [2.24, 2.45) is 0 Å². The van der Waals surface area contributed by atoms with Gasteiger partial charge in [-0.1, -0.05) is 12.1 Å². The smallest absolute Gasteiger partial charge is 0.344 e. The molecular weight excluding hydrogens is 273 g/mol. The van der Waals surface area contributed by atoms with Crippen LogP contribution in [0.15, 0.2) is 24.3 Å². The van der Waals surface area contributed by atoms with Gasteiger partial charge in [0.2, 0.25) is 6.54 Å². The minimum Gasteiger partial charge on any atom is -0.497 e. The molecule has 7 nitrogen and oxygen atoms in total. The van der Waals surface area contributed by atoms with Gasteiger partial charge in [-0.05, 0) is 17.7 Å². The molecule has 0 amide bonds. The van der Waals surface area contributed by atoms with Crippen LogP contribution in [0.4, 0.5) is 0 Å². The van der Waals surface area contributed by atoms with E-state index in [0.717, 1.165) is 0 Å². The fourth-order valence-electron chi connectivity index (χ4n) is 1.68. The average molecular weight is 289 g/mol. The van der Waals surface area contributed by atoms with Gasteiger partial charge >= 0.3 is 7.60 Å². The quantitative estimate of drug-likeness (QED) is 0.435. The zero-order valence-corrected chi connectivity index (χ0v) is 11.8. The molecule has 0 aromatic heterocycles. The monoisotopic (exact) mass is 289 g/mol. The highest BCUT2D eigenvalue weighted by Gasteiger charge is 2.39. The maximum Gasteiger partial charge on any atom is 0.344 e. The molecule has 106 valence electrons. The first-order valence-corrected chi connectivity index (χ1v) is 7.05. The lowest BCUT2D eigenvalue weighted by atomic mass is 10.1. The predicted molar refractivity (Wildman–Crippen MR) is 69.2 cm³/mol. The van der Waals surface area contributed by atoms with E-state index < -0.39 is 24.7 Å². The standard InChI is InChI=1S/C11H16NO6P/c1-16-10-6-4-9(5-7-10)11(8-12(13)14)19(15,17-2)18-3/h4-7,11H,8H2,1-3H3/t11-/m0/s1. The van der Waals surface area contributed by atoms with Crippen LogP contribution in [0.2, 0.25) is 0 Å². The molecule has 8 heteroatoms. The molecule has 19 heavy (non-hydrogen) atoms. The molecule has 1 rings (SSSR count). The summed E-state index contributed by atoms with van der Waals surface area (Å²) in [6.07, 6.45) is 0. The molecule has 0 heterocycles. The van der Waals surface area contributed by atoms with Gasteiger partial charge in [0.05, 0.1) is 7.11 Å². The number of hydrogen-bond acceptors (Lipinski definition) is 6. The minimum absolute atomic E-state index is 0.504. The van der Waals surface area contributed by atoms with E-state index in [0.29, 0.717) is 11.3 Å². The molecule has 0 saturated heterocycles. The Labute approximate surface area is 111 Å². The molecule has 0 fully saturated rings. The first-order chi connectivity index (χ1) is 8.96. The number of benzene rings is 1. The largest absolute Gasteiger partial charge is 0.497 e. The lowest BCUT2D eigenvalue weighted by Crippen LogP contribution is -2.14. The van der Waals surface area contributed by atoms with E-state index in [9.17, 15) is 14.7 Å². The van der Waals surface area contributed by atoms with Crippen molar-refractivity contribution in [2.75, 3.05) is 27.9 Å². The van der Waals surface area contributed by atoms with Gasteiger partial charge in [-0.25, -0.2) is 0 Å². The molecule has 0 aliphatic rings. The fraction of sp³-hybridized carbons (Fsp3) is 0.455. The van der Waals surface area contributed by atoms with Crippen LogP contribution >= 0.6 is 7.60 Å². The second-order valence-electron chi connectivity index (χ2n) is 3.71. The zero-order chi connectivity index (χ0) is 14.5. The van der Waals surface area contributed by atoms with E-state index in [4.69, 9.17) is 13.8 Å². The summed E-state index contributed by atoms with van der Waals surface area (Å²) in [5, 5.41) is 10.7. The van der Waals surface area contributed by atoms with Crippen LogP contribution in [0.1, 0.15) is 11.2 Å². The Hall–Kier alpha value is -1.43. The molecule has 0 spiro atoms. The van der Waals surface area contributed by atoms with Crippen LogP contribution in [0.25, 0.3) is 0 Å². The van der Waals surface area contributed by atoms with Crippen LogP contribution in [-0.2, 0) is 13.6 Å². The summed E-state index contributed by atoms with van der Waals surface area (Å²) in [6.45, 7) is -0.536. The molecule has 0 aliphatic carbocycles. The van der Waals surface area contributed by atoms with Gasteiger partial charge in [-0.2, -0.15) is 0 Å². The molecule has 0 saturated carbocycles. The van der Waals surface area contributed by atoms with Crippen LogP contribution in [0.5, 0.6) is 5.75 Å². The maximum atomic E-state index is 12.4. The number of nitro groups is 1. The Kier molecular flexibility index (Phi) is 5.47. The molecule has 0 unspecified atom stereocenters. The van der Waals surface area contributed by atoms with Gasteiger partial charge in [-0.15, -0.1) is 0 Å². The third-order valence-corrected chi connectivity index (χ3v) is 4.96. The first kappa shape index (κ1) is 15.6. The van der Waals surface area contributed by atoms with Crippen molar-refractivity contribution < 1.29 is 23.3 Å². The van der Waals surface area contributed by atoms with Crippen LogP contribution in [0.3, 0.4) is 0 Å². The Morgan fingerprint density at radius 1 is 1.21 bits per heavy atom. The first-order valence-electron chi connectivity index (χ1n) is 5.43. The van der Waals surface area contributed by atoms with Crippen molar-refractivity contribution >= 4 is 7.60 Å². The van der Waals surface area contributed by atoms with Crippen LogP contribution < -0.4 is 4.74 Å². The molecular formula is C11H16NO6P. The third-order valence-electron chi connectivity index (χ3n) is 2.71. The lowest BCUT2D eigenvalue weighted by Gasteiger charge is -2.21. The summed E-state index contributed by atoms with van der Waals surface area (Å²) < 4.78 is 27.1. The SMILES string of the molecule is COc1ccc([C@H](C[N+](=O)[O-])P(=O)(OC)OC)cc1. The summed E-state index contributed by atoms with van der Waals surface area (Å²) in [6, 6.07) is 6.49. The van der Waals surface area contributed by atoms with Crippen LogP contribution in [-0.4, -0.2) is 32.8 Å². The van der Waals surface area contributed by atoms with Crippen molar-refractivity contribution in [3.8, 4) is 5.75 Å². The van der Waals surface area contributed by atoms with Crippen molar-refractivity contribution in [3.63, 3.8) is 0 Å². The van der Waals surface area contributed by atoms with E-state index in [1.54, 1.807) is 24.3 Å². The molecule has 1 atom stereocenters. The maximum absolute atomic E-state index is 12.4. The van der Waals surface area contributed by atoms with Crippen molar-refractivity contribution in [3.05, 3.63) is 39.9 Å². The highest BCUT2D eigenvalue weighted by molar-refractivity contribution is 7.54. The van der Waals surface area contributed by atoms with E-state index in [1.807, 2.05) is 0 Å². The topological polar surface area (TPSA) is 87.9 Å². The second kappa shape index (κ2) is 6.65. The predicted octanol–water partition coefficient (Wildman–Crippen LogP) is 2.50. The highest BCUT2D eigenvalue weighted by Crippen LogP contribution is 2.59. The normalized spacial score (nSPS) is 13.0. The summed E-state index contributed by atoms with van der Waals surface area (Å²) in [5.41, 5.74) is -0.451. The summed E-state index contributed by atoms with van der Waals surface area (Å²) in [7, 11) is 0.358. The van der Waals surface area contributed by atoms with Gasteiger partial charge in [0.1, 0.15) is 5.75 Å². The van der Waals surface area contributed by atoms with Gasteiger partial charge in [0.25, 0.3) is 0 Å². The Morgan fingerprint density at radius 3 is 2.11 bits per heavy atom. The number of hydrogen-bond donors (Lipinski definition) is 0. The van der Waals surface area contributed by atoms with E-state index in [1.165, 1.54) is 21.3 Å². The summed E-state index contributed by atoms with van der Waals surface area (Å²) in [5.74, 6) is 0.605. The molecule has 1 aromatic rings. The van der Waals surface area contributed by atoms with Gasteiger partial charge in [-0.3, -0.25) is 14.7 Å². The Bertz CT molecular complexity index is 467. The van der Waals surface area contributed by atoms with Gasteiger partial charge in [0, 0.05) is 19.1 Å². The number of rotatable bonds is 7. The molecule has 0 aliphatic heterocycles. The summed E-state index contributed by atoms with van der Waals surface area (Å²) >= 11 is 0. The Balaban J connectivity index is 3.15. The number of methoxy groups -OCH3 is 1. The van der Waals surface area contributed by atoms with Crippen LogP contribution in [0, 0.1) is 10.1 Å². The van der Waals surface area contributed by atoms with Gasteiger partial charge < -0.3 is 13.8 Å². The summed E-state index contributed by atoms with van der Waals surface area (Å²) in [4.78, 5) is 10.2. The number of nitrogens with zero attached hydrogens (tertiary/aromatic N) is 1. The highest BCUT2D eigenvalue weighted by atomic mass is 31.2. The van der Waals surface area contributed by atoms with Crippen molar-refractivity contribution in [2.45, 2.75) is 5.66 Å². The number of ether oxygens (including phenoxy) is 1. The fourth-order valence-corrected chi connectivity index (χ4v) is 3.21. The molecule has 0 bridgehead atoms. The minimum atomic E-state index is -3.57. The second-order valence-corrected chi connectivity index (χ2v) is 6.14. The van der Waals surface area contributed by atoms with E-state index >= 15 is 0 Å².